The van der Waals surface area contributed by atoms with Crippen molar-refractivity contribution in [2.75, 3.05) is 18.5 Å². The van der Waals surface area contributed by atoms with Crippen LogP contribution in [0.1, 0.15) is 12.8 Å². The molecule has 0 radical (unpaired) electrons. The Morgan fingerprint density at radius 2 is 1.88 bits per heavy atom. The highest BCUT2D eigenvalue weighted by molar-refractivity contribution is 5.98. The van der Waals surface area contributed by atoms with Crippen molar-refractivity contribution in [2.24, 2.45) is 5.73 Å². The molecule has 17 heavy (non-hydrogen) atoms. The topological polar surface area (TPSA) is 64.4 Å². The molecule has 1 aromatic carbocycles. The molecule has 1 amide bonds. The maximum Gasteiger partial charge on any atom is 0.244 e. The zero-order valence-corrected chi connectivity index (χ0v) is 9.41. The summed E-state index contributed by atoms with van der Waals surface area (Å²) >= 11 is 0. The van der Waals surface area contributed by atoms with Crippen LogP contribution >= 0.6 is 0 Å². The van der Waals surface area contributed by atoms with Crippen LogP contribution in [-0.4, -0.2) is 24.7 Å². The van der Waals surface area contributed by atoms with Gasteiger partial charge in [-0.25, -0.2) is 4.39 Å². The van der Waals surface area contributed by atoms with Crippen LogP contribution in [0, 0.1) is 5.82 Å². The number of rotatable bonds is 2. The molecule has 4 nitrogen and oxygen atoms in total. The van der Waals surface area contributed by atoms with Crippen LogP contribution < -0.4 is 11.1 Å². The van der Waals surface area contributed by atoms with E-state index in [9.17, 15) is 9.18 Å². The third kappa shape index (κ3) is 2.81. The lowest BCUT2D eigenvalue weighted by atomic mass is 9.90. The second-order valence-electron chi connectivity index (χ2n) is 4.23. The van der Waals surface area contributed by atoms with Crippen LogP contribution in [0.5, 0.6) is 0 Å². The lowest BCUT2D eigenvalue weighted by Crippen LogP contribution is -2.54. The molecule has 2 rings (SSSR count). The Balaban J connectivity index is 2.03. The SMILES string of the molecule is NC1(C(=O)Nc2ccc(F)cc2)CCOCC1. The molecule has 0 bridgehead atoms. The summed E-state index contributed by atoms with van der Waals surface area (Å²) in [6.45, 7) is 0.987. The fraction of sp³-hybridized carbons (Fsp3) is 0.417. The van der Waals surface area contributed by atoms with Gasteiger partial charge in [-0.2, -0.15) is 0 Å². The lowest BCUT2D eigenvalue weighted by molar-refractivity contribution is -0.124. The summed E-state index contributed by atoms with van der Waals surface area (Å²) in [5.41, 5.74) is 5.68. The van der Waals surface area contributed by atoms with Crippen molar-refractivity contribution in [3.8, 4) is 0 Å². The summed E-state index contributed by atoms with van der Waals surface area (Å²) in [5.74, 6) is -0.580. The summed E-state index contributed by atoms with van der Waals surface area (Å²) in [5, 5.41) is 2.69. The first-order chi connectivity index (χ1) is 8.10. The third-order valence-electron chi connectivity index (χ3n) is 2.94. The number of nitrogens with two attached hydrogens (primary N) is 1. The van der Waals surface area contributed by atoms with E-state index in [0.29, 0.717) is 31.7 Å². The highest BCUT2D eigenvalue weighted by atomic mass is 19.1. The molecule has 0 atom stereocenters. The molecule has 0 saturated carbocycles. The summed E-state index contributed by atoms with van der Waals surface area (Å²) < 4.78 is 17.9. The zero-order valence-electron chi connectivity index (χ0n) is 9.41. The third-order valence-corrected chi connectivity index (χ3v) is 2.94. The Hall–Kier alpha value is -1.46. The maximum absolute atomic E-state index is 12.7. The molecule has 1 aliphatic rings. The Labute approximate surface area is 98.9 Å². The molecule has 0 aliphatic carbocycles. The number of carbonyl (C=O) groups is 1. The van der Waals surface area contributed by atoms with E-state index in [1.54, 1.807) is 0 Å². The molecule has 5 heteroatoms. The number of hydrogen-bond donors (Lipinski definition) is 2. The van der Waals surface area contributed by atoms with Crippen LogP contribution in [0.3, 0.4) is 0 Å². The minimum Gasteiger partial charge on any atom is -0.381 e. The fourth-order valence-electron chi connectivity index (χ4n) is 1.75. The summed E-state index contributed by atoms with van der Waals surface area (Å²) in [4.78, 5) is 12.0. The number of benzene rings is 1. The standard InChI is InChI=1S/C12H15FN2O2/c13-9-1-3-10(4-2-9)15-11(16)12(14)5-7-17-8-6-12/h1-4H,5-8,14H2,(H,15,16). The van der Waals surface area contributed by atoms with Gasteiger partial charge in [-0.3, -0.25) is 4.79 Å². The van der Waals surface area contributed by atoms with Crippen LogP contribution in [0.2, 0.25) is 0 Å². The molecule has 1 saturated heterocycles. The number of hydrogen-bond acceptors (Lipinski definition) is 3. The smallest absolute Gasteiger partial charge is 0.244 e. The Morgan fingerprint density at radius 1 is 1.29 bits per heavy atom. The molecule has 1 aromatic rings. The van der Waals surface area contributed by atoms with E-state index in [0.717, 1.165) is 0 Å². The van der Waals surface area contributed by atoms with E-state index in [1.807, 2.05) is 0 Å². The van der Waals surface area contributed by atoms with Crippen molar-refractivity contribution in [3.63, 3.8) is 0 Å². The Bertz CT molecular complexity index is 399. The second-order valence-corrected chi connectivity index (χ2v) is 4.23. The Morgan fingerprint density at radius 3 is 2.47 bits per heavy atom. The summed E-state index contributed by atoms with van der Waals surface area (Å²) in [6, 6.07) is 5.61. The van der Waals surface area contributed by atoms with Crippen LogP contribution in [-0.2, 0) is 9.53 Å². The van der Waals surface area contributed by atoms with E-state index >= 15 is 0 Å². The number of halogens is 1. The predicted octanol–water partition coefficient (Wildman–Crippen LogP) is 1.27. The number of ether oxygens (including phenoxy) is 1. The maximum atomic E-state index is 12.7. The molecule has 92 valence electrons. The molecule has 3 N–H and O–H groups in total. The summed E-state index contributed by atoms with van der Waals surface area (Å²) in [6.07, 6.45) is 1.00. The van der Waals surface area contributed by atoms with Gasteiger partial charge in [-0.05, 0) is 37.1 Å². The zero-order chi connectivity index (χ0) is 12.3. The van der Waals surface area contributed by atoms with Gasteiger partial charge in [-0.15, -0.1) is 0 Å². The average molecular weight is 238 g/mol. The second kappa shape index (κ2) is 4.81. The van der Waals surface area contributed by atoms with Crippen molar-refractivity contribution >= 4 is 11.6 Å². The number of carbonyl (C=O) groups excluding carboxylic acids is 1. The Kier molecular flexibility index (Phi) is 3.40. The number of nitrogens with one attached hydrogen (secondary N) is 1. The first-order valence-corrected chi connectivity index (χ1v) is 5.54. The van der Waals surface area contributed by atoms with Gasteiger partial charge >= 0.3 is 0 Å². The molecule has 0 aromatic heterocycles. The van der Waals surface area contributed by atoms with Gasteiger partial charge in [0.25, 0.3) is 0 Å². The van der Waals surface area contributed by atoms with Gasteiger partial charge in [0, 0.05) is 18.9 Å². The van der Waals surface area contributed by atoms with Gasteiger partial charge < -0.3 is 15.8 Å². The first kappa shape index (κ1) is 12.0. The molecule has 0 spiro atoms. The van der Waals surface area contributed by atoms with Gasteiger partial charge in [0.1, 0.15) is 11.4 Å². The first-order valence-electron chi connectivity index (χ1n) is 5.54. The predicted molar refractivity (Wildman–Crippen MR) is 62.0 cm³/mol. The molecular weight excluding hydrogens is 223 g/mol. The average Bonchev–Trinajstić information content (AvgIpc) is 2.33. The monoisotopic (exact) mass is 238 g/mol. The van der Waals surface area contributed by atoms with Crippen molar-refractivity contribution < 1.29 is 13.9 Å². The molecule has 1 aliphatic heterocycles. The van der Waals surface area contributed by atoms with Crippen molar-refractivity contribution in [1.29, 1.82) is 0 Å². The van der Waals surface area contributed by atoms with E-state index < -0.39 is 5.54 Å². The van der Waals surface area contributed by atoms with E-state index in [2.05, 4.69) is 5.32 Å². The molecular formula is C12H15FN2O2. The fourth-order valence-corrected chi connectivity index (χ4v) is 1.75. The molecule has 1 heterocycles. The van der Waals surface area contributed by atoms with Crippen LogP contribution in [0.4, 0.5) is 10.1 Å². The van der Waals surface area contributed by atoms with E-state index in [-0.39, 0.29) is 11.7 Å². The van der Waals surface area contributed by atoms with Gasteiger partial charge in [-0.1, -0.05) is 0 Å². The van der Waals surface area contributed by atoms with Crippen molar-refractivity contribution in [3.05, 3.63) is 30.1 Å². The van der Waals surface area contributed by atoms with Gasteiger partial charge in [0.15, 0.2) is 0 Å². The summed E-state index contributed by atoms with van der Waals surface area (Å²) in [7, 11) is 0. The van der Waals surface area contributed by atoms with Gasteiger partial charge in [0.2, 0.25) is 5.91 Å². The largest absolute Gasteiger partial charge is 0.381 e. The highest BCUT2D eigenvalue weighted by Gasteiger charge is 2.35. The van der Waals surface area contributed by atoms with E-state index in [1.165, 1.54) is 24.3 Å². The molecule has 1 fully saturated rings. The highest BCUT2D eigenvalue weighted by Crippen LogP contribution is 2.20. The van der Waals surface area contributed by atoms with Gasteiger partial charge in [0.05, 0.1) is 0 Å². The van der Waals surface area contributed by atoms with Crippen molar-refractivity contribution in [2.45, 2.75) is 18.4 Å². The van der Waals surface area contributed by atoms with Crippen molar-refractivity contribution in [1.82, 2.24) is 0 Å². The minimum absolute atomic E-state index is 0.243. The number of amides is 1. The van der Waals surface area contributed by atoms with Crippen LogP contribution in [0.15, 0.2) is 24.3 Å². The normalized spacial score (nSPS) is 18.7. The number of anilines is 1. The quantitative estimate of drug-likeness (QED) is 0.815. The van der Waals surface area contributed by atoms with Crippen LogP contribution in [0.25, 0.3) is 0 Å². The molecule has 0 unspecified atom stereocenters. The lowest BCUT2D eigenvalue weighted by Gasteiger charge is -2.31. The minimum atomic E-state index is -0.882. The van der Waals surface area contributed by atoms with E-state index in [4.69, 9.17) is 10.5 Å².